The number of methoxy groups -OCH3 is 1. The van der Waals surface area contributed by atoms with Crippen LogP contribution < -0.4 is 9.64 Å². The molecule has 1 heterocycles. The Morgan fingerprint density at radius 2 is 1.82 bits per heavy atom. The van der Waals surface area contributed by atoms with Crippen LogP contribution in [0.2, 0.25) is 0 Å². The number of ketones is 1. The highest BCUT2D eigenvalue weighted by molar-refractivity contribution is 6.09. The molecule has 4 heteroatoms. The molecule has 0 aliphatic carbocycles. The number of carbonyl (C=O) groups is 2. The Balaban J connectivity index is 2.07. The number of fused-ring (bicyclic) bond motifs is 1. The Kier molecular flexibility index (Phi) is 3.67. The Morgan fingerprint density at radius 3 is 2.45 bits per heavy atom. The summed E-state index contributed by atoms with van der Waals surface area (Å²) in [5.74, 6) is 0.746. The van der Waals surface area contributed by atoms with E-state index in [-0.39, 0.29) is 17.7 Å². The Hall–Kier alpha value is -2.62. The number of anilines is 1. The van der Waals surface area contributed by atoms with E-state index < -0.39 is 0 Å². The van der Waals surface area contributed by atoms with Crippen LogP contribution in [0, 0.1) is 0 Å². The standard InChI is InChI=1S/C18H17NO3/c1-12(20)19-16-6-4-3-5-15(16)18(21)11-17(19)13-7-9-14(22-2)10-8-13/h3-10,17H,11H2,1-2H3/t17-/m0/s1. The minimum atomic E-state index is -0.272. The van der Waals surface area contributed by atoms with Crippen LogP contribution in [0.1, 0.15) is 35.3 Å². The van der Waals surface area contributed by atoms with Crippen LogP contribution in [0.25, 0.3) is 0 Å². The van der Waals surface area contributed by atoms with Crippen molar-refractivity contribution >= 4 is 17.4 Å². The first-order valence-corrected chi connectivity index (χ1v) is 7.18. The van der Waals surface area contributed by atoms with E-state index >= 15 is 0 Å². The van der Waals surface area contributed by atoms with Gasteiger partial charge in [-0.3, -0.25) is 9.59 Å². The normalized spacial score (nSPS) is 17.1. The van der Waals surface area contributed by atoms with Crippen LogP contribution in [0.5, 0.6) is 5.75 Å². The van der Waals surface area contributed by atoms with Gasteiger partial charge in [-0.25, -0.2) is 0 Å². The minimum Gasteiger partial charge on any atom is -0.497 e. The van der Waals surface area contributed by atoms with E-state index in [0.29, 0.717) is 17.7 Å². The monoisotopic (exact) mass is 295 g/mol. The molecule has 0 bridgehead atoms. The van der Waals surface area contributed by atoms with Crippen molar-refractivity contribution in [3.63, 3.8) is 0 Å². The van der Waals surface area contributed by atoms with Crippen molar-refractivity contribution in [1.29, 1.82) is 0 Å². The second-order valence-electron chi connectivity index (χ2n) is 5.32. The van der Waals surface area contributed by atoms with Crippen molar-refractivity contribution in [3.05, 3.63) is 59.7 Å². The van der Waals surface area contributed by atoms with Crippen molar-refractivity contribution in [1.82, 2.24) is 0 Å². The van der Waals surface area contributed by atoms with Crippen LogP contribution in [0.3, 0.4) is 0 Å². The first-order valence-electron chi connectivity index (χ1n) is 7.18. The fourth-order valence-electron chi connectivity index (χ4n) is 2.95. The number of carbonyl (C=O) groups excluding carboxylic acids is 2. The lowest BCUT2D eigenvalue weighted by atomic mass is 9.90. The molecule has 0 saturated carbocycles. The molecule has 1 aliphatic heterocycles. The number of ether oxygens (including phenoxy) is 1. The molecule has 0 unspecified atom stereocenters. The van der Waals surface area contributed by atoms with E-state index in [4.69, 9.17) is 4.74 Å². The van der Waals surface area contributed by atoms with Crippen molar-refractivity contribution in [2.75, 3.05) is 12.0 Å². The Bertz CT molecular complexity index is 721. The van der Waals surface area contributed by atoms with E-state index in [1.807, 2.05) is 42.5 Å². The molecular formula is C18H17NO3. The van der Waals surface area contributed by atoms with Crippen molar-refractivity contribution in [3.8, 4) is 5.75 Å². The first-order chi connectivity index (χ1) is 10.6. The first kappa shape index (κ1) is 14.3. The third-order valence-electron chi connectivity index (χ3n) is 3.99. The summed E-state index contributed by atoms with van der Waals surface area (Å²) in [5.41, 5.74) is 2.23. The SMILES string of the molecule is COc1ccc([C@@H]2CC(=O)c3ccccc3N2C(C)=O)cc1. The van der Waals surface area contributed by atoms with Gasteiger partial charge < -0.3 is 9.64 Å². The van der Waals surface area contributed by atoms with Crippen LogP contribution in [0.4, 0.5) is 5.69 Å². The third-order valence-corrected chi connectivity index (χ3v) is 3.99. The number of hydrogen-bond acceptors (Lipinski definition) is 3. The van der Waals surface area contributed by atoms with Crippen LogP contribution in [-0.2, 0) is 4.79 Å². The van der Waals surface area contributed by atoms with E-state index in [9.17, 15) is 9.59 Å². The maximum Gasteiger partial charge on any atom is 0.224 e. The average molecular weight is 295 g/mol. The molecule has 0 N–H and O–H groups in total. The summed E-state index contributed by atoms with van der Waals surface area (Å²) in [7, 11) is 1.61. The smallest absolute Gasteiger partial charge is 0.224 e. The topological polar surface area (TPSA) is 46.6 Å². The predicted molar refractivity (Wildman–Crippen MR) is 84.3 cm³/mol. The molecule has 0 radical (unpaired) electrons. The van der Waals surface area contributed by atoms with Gasteiger partial charge in [-0.1, -0.05) is 24.3 Å². The predicted octanol–water partition coefficient (Wildman–Crippen LogP) is 3.38. The molecule has 3 rings (SSSR count). The summed E-state index contributed by atoms with van der Waals surface area (Å²) in [4.78, 5) is 26.3. The molecule has 2 aromatic carbocycles. The van der Waals surface area contributed by atoms with Crippen molar-refractivity contribution in [2.24, 2.45) is 0 Å². The second-order valence-corrected chi connectivity index (χ2v) is 5.32. The molecule has 0 saturated heterocycles. The maximum atomic E-state index is 12.4. The highest BCUT2D eigenvalue weighted by Crippen LogP contribution is 2.38. The molecule has 2 aromatic rings. The molecule has 22 heavy (non-hydrogen) atoms. The lowest BCUT2D eigenvalue weighted by Crippen LogP contribution is -2.38. The molecule has 1 atom stereocenters. The second kappa shape index (κ2) is 5.64. The maximum absolute atomic E-state index is 12.4. The van der Waals surface area contributed by atoms with Crippen LogP contribution >= 0.6 is 0 Å². The molecule has 112 valence electrons. The fourth-order valence-corrected chi connectivity index (χ4v) is 2.95. The molecule has 0 fully saturated rings. The zero-order valence-electron chi connectivity index (χ0n) is 12.6. The van der Waals surface area contributed by atoms with Gasteiger partial charge in [0.05, 0.1) is 18.8 Å². The van der Waals surface area contributed by atoms with Gasteiger partial charge in [-0.05, 0) is 29.8 Å². The summed E-state index contributed by atoms with van der Waals surface area (Å²) in [5, 5.41) is 0. The summed E-state index contributed by atoms with van der Waals surface area (Å²) in [6, 6.07) is 14.5. The third kappa shape index (κ3) is 2.37. The lowest BCUT2D eigenvalue weighted by Gasteiger charge is -2.36. The van der Waals surface area contributed by atoms with Gasteiger partial charge in [0, 0.05) is 18.9 Å². The van der Waals surface area contributed by atoms with Gasteiger partial charge in [-0.15, -0.1) is 0 Å². The number of amides is 1. The Morgan fingerprint density at radius 1 is 1.14 bits per heavy atom. The molecule has 4 nitrogen and oxygen atoms in total. The summed E-state index contributed by atoms with van der Waals surface area (Å²) < 4.78 is 5.16. The van der Waals surface area contributed by atoms with Gasteiger partial charge >= 0.3 is 0 Å². The molecule has 0 spiro atoms. The highest BCUT2D eigenvalue weighted by atomic mass is 16.5. The van der Waals surface area contributed by atoms with Crippen LogP contribution in [0.15, 0.2) is 48.5 Å². The van der Waals surface area contributed by atoms with Gasteiger partial charge in [-0.2, -0.15) is 0 Å². The largest absolute Gasteiger partial charge is 0.497 e. The lowest BCUT2D eigenvalue weighted by molar-refractivity contribution is -0.117. The number of rotatable bonds is 2. The number of benzene rings is 2. The average Bonchev–Trinajstić information content (AvgIpc) is 2.54. The van der Waals surface area contributed by atoms with E-state index in [2.05, 4.69) is 0 Å². The van der Waals surface area contributed by atoms with Gasteiger partial charge in [0.1, 0.15) is 5.75 Å². The van der Waals surface area contributed by atoms with Crippen molar-refractivity contribution in [2.45, 2.75) is 19.4 Å². The fraction of sp³-hybridized carbons (Fsp3) is 0.222. The number of hydrogen-bond donors (Lipinski definition) is 0. The quantitative estimate of drug-likeness (QED) is 0.853. The summed E-state index contributed by atoms with van der Waals surface area (Å²) in [6.07, 6.45) is 0.295. The number of Topliss-reactive ketones (excluding diaryl/α,β-unsaturated/α-hetero) is 1. The summed E-state index contributed by atoms with van der Waals surface area (Å²) >= 11 is 0. The van der Waals surface area contributed by atoms with Crippen LogP contribution in [-0.4, -0.2) is 18.8 Å². The van der Waals surface area contributed by atoms with Gasteiger partial charge in [0.25, 0.3) is 0 Å². The zero-order chi connectivity index (χ0) is 15.7. The van der Waals surface area contributed by atoms with E-state index in [0.717, 1.165) is 11.3 Å². The molecular weight excluding hydrogens is 278 g/mol. The summed E-state index contributed by atoms with van der Waals surface area (Å²) in [6.45, 7) is 1.53. The minimum absolute atomic E-state index is 0.0638. The zero-order valence-corrected chi connectivity index (χ0v) is 12.6. The molecule has 1 aliphatic rings. The van der Waals surface area contributed by atoms with Gasteiger partial charge in [0.15, 0.2) is 5.78 Å². The van der Waals surface area contributed by atoms with E-state index in [1.54, 1.807) is 18.1 Å². The molecule has 0 aromatic heterocycles. The Labute approximate surface area is 129 Å². The highest BCUT2D eigenvalue weighted by Gasteiger charge is 2.34. The van der Waals surface area contributed by atoms with Crippen molar-refractivity contribution < 1.29 is 14.3 Å². The molecule has 1 amide bonds. The van der Waals surface area contributed by atoms with Gasteiger partial charge in [0.2, 0.25) is 5.91 Å². The van der Waals surface area contributed by atoms with E-state index in [1.165, 1.54) is 6.92 Å². The number of para-hydroxylation sites is 1. The number of nitrogens with zero attached hydrogens (tertiary/aromatic N) is 1.